The van der Waals surface area contributed by atoms with E-state index < -0.39 is 0 Å². The molecule has 0 saturated carbocycles. The van der Waals surface area contributed by atoms with Crippen molar-refractivity contribution in [1.29, 1.82) is 0 Å². The summed E-state index contributed by atoms with van der Waals surface area (Å²) >= 11 is 0. The van der Waals surface area contributed by atoms with E-state index in [1.165, 1.54) is 4.57 Å². The van der Waals surface area contributed by atoms with Gasteiger partial charge >= 0.3 is 0 Å². The molecule has 4 rings (SSSR count). The van der Waals surface area contributed by atoms with Crippen LogP contribution in [-0.2, 0) is 24.3 Å². The Labute approximate surface area is 144 Å². The van der Waals surface area contributed by atoms with Crippen LogP contribution in [-0.4, -0.2) is 31.1 Å². The Balaban J connectivity index is 1.52. The zero-order valence-corrected chi connectivity index (χ0v) is 14.0. The number of nitrogens with zero attached hydrogens (tertiary/aromatic N) is 4. The fraction of sp³-hybridized carbons (Fsp3) is 0.333. The van der Waals surface area contributed by atoms with Crippen LogP contribution in [0.5, 0.6) is 0 Å². The number of rotatable bonds is 3. The van der Waals surface area contributed by atoms with Gasteiger partial charge < -0.3 is 9.88 Å². The average molecular weight is 337 g/mol. The fourth-order valence-corrected chi connectivity index (χ4v) is 3.37. The largest absolute Gasteiger partial charge is 0.350 e. The van der Waals surface area contributed by atoms with Gasteiger partial charge in [-0.1, -0.05) is 12.1 Å². The van der Waals surface area contributed by atoms with Crippen molar-refractivity contribution in [3.05, 3.63) is 58.7 Å². The smallest absolute Gasteiger partial charge is 0.261 e. The van der Waals surface area contributed by atoms with Crippen LogP contribution in [0.25, 0.3) is 10.9 Å². The minimum absolute atomic E-state index is 0.0181. The first-order chi connectivity index (χ1) is 12.1. The molecule has 0 spiro atoms. The summed E-state index contributed by atoms with van der Waals surface area (Å²) in [4.78, 5) is 33.8. The number of para-hydroxylation sites is 1. The van der Waals surface area contributed by atoms with Crippen LogP contribution in [0, 0.1) is 6.92 Å². The summed E-state index contributed by atoms with van der Waals surface area (Å²) < 4.78 is 3.49. The Morgan fingerprint density at radius 1 is 1.36 bits per heavy atom. The molecule has 7 heteroatoms. The van der Waals surface area contributed by atoms with E-state index in [1.807, 2.05) is 12.3 Å². The number of carbonyl (C=O) groups is 1. The number of benzene rings is 1. The van der Waals surface area contributed by atoms with E-state index in [9.17, 15) is 9.59 Å². The molecule has 1 aliphatic rings. The Bertz CT molecular complexity index is 1000. The SMILES string of the molecule is Cc1nc2ccccc2c(=O)n1CC(=O)NC1CCc2nccn2C1. The van der Waals surface area contributed by atoms with E-state index in [0.29, 0.717) is 23.3 Å². The summed E-state index contributed by atoms with van der Waals surface area (Å²) in [6.07, 6.45) is 5.40. The summed E-state index contributed by atoms with van der Waals surface area (Å²) in [6.45, 7) is 2.44. The molecule has 1 atom stereocenters. The molecule has 1 aromatic carbocycles. The monoisotopic (exact) mass is 337 g/mol. The molecular weight excluding hydrogens is 318 g/mol. The minimum atomic E-state index is -0.182. The third-order valence-electron chi connectivity index (χ3n) is 4.65. The summed E-state index contributed by atoms with van der Waals surface area (Å²) in [6, 6.07) is 7.24. The van der Waals surface area contributed by atoms with Crippen molar-refractivity contribution in [1.82, 2.24) is 24.4 Å². The second-order valence-electron chi connectivity index (χ2n) is 6.37. The number of nitrogens with one attached hydrogen (secondary N) is 1. The Morgan fingerprint density at radius 2 is 2.20 bits per heavy atom. The van der Waals surface area contributed by atoms with E-state index in [-0.39, 0.29) is 24.1 Å². The average Bonchev–Trinajstić information content (AvgIpc) is 3.06. The molecule has 7 nitrogen and oxygen atoms in total. The third-order valence-corrected chi connectivity index (χ3v) is 4.65. The maximum Gasteiger partial charge on any atom is 0.261 e. The van der Waals surface area contributed by atoms with Gasteiger partial charge in [-0.2, -0.15) is 0 Å². The number of imidazole rings is 1. The lowest BCUT2D eigenvalue weighted by Crippen LogP contribution is -2.43. The predicted octanol–water partition coefficient (Wildman–Crippen LogP) is 1.03. The zero-order valence-electron chi connectivity index (χ0n) is 14.0. The summed E-state index contributed by atoms with van der Waals surface area (Å²) in [7, 11) is 0. The quantitative estimate of drug-likeness (QED) is 0.774. The standard InChI is InChI=1S/C18H19N5O2/c1-12-20-15-5-3-2-4-14(15)18(25)23(12)11-17(24)21-13-6-7-16-19-8-9-22(16)10-13/h2-5,8-9,13H,6-7,10-11H2,1H3,(H,21,24). The normalized spacial score (nSPS) is 16.6. The highest BCUT2D eigenvalue weighted by Crippen LogP contribution is 2.13. The van der Waals surface area contributed by atoms with Gasteiger partial charge in [0.05, 0.1) is 10.9 Å². The number of amides is 1. The Hall–Kier alpha value is -2.96. The highest BCUT2D eigenvalue weighted by Gasteiger charge is 2.21. The number of aryl methyl sites for hydroxylation is 2. The molecule has 0 saturated heterocycles. The molecule has 1 N–H and O–H groups in total. The second-order valence-corrected chi connectivity index (χ2v) is 6.37. The van der Waals surface area contributed by atoms with Gasteiger partial charge in [0.25, 0.3) is 5.56 Å². The second kappa shape index (κ2) is 6.16. The molecule has 25 heavy (non-hydrogen) atoms. The molecule has 3 aromatic rings. The number of carbonyl (C=O) groups excluding carboxylic acids is 1. The van der Waals surface area contributed by atoms with Gasteiger partial charge in [-0.3, -0.25) is 14.2 Å². The van der Waals surface area contributed by atoms with Crippen LogP contribution in [0.3, 0.4) is 0 Å². The van der Waals surface area contributed by atoms with E-state index in [0.717, 1.165) is 18.7 Å². The maximum absolute atomic E-state index is 12.6. The van der Waals surface area contributed by atoms with Crippen molar-refractivity contribution >= 4 is 16.8 Å². The molecule has 0 radical (unpaired) electrons. The molecule has 1 amide bonds. The Morgan fingerprint density at radius 3 is 3.08 bits per heavy atom. The van der Waals surface area contributed by atoms with Crippen molar-refractivity contribution in [2.24, 2.45) is 0 Å². The summed E-state index contributed by atoms with van der Waals surface area (Å²) in [5, 5.41) is 3.55. The Kier molecular flexibility index (Phi) is 3.83. The lowest BCUT2D eigenvalue weighted by atomic mass is 10.1. The first-order valence-corrected chi connectivity index (χ1v) is 8.37. The van der Waals surface area contributed by atoms with Gasteiger partial charge in [-0.05, 0) is 25.5 Å². The van der Waals surface area contributed by atoms with Crippen molar-refractivity contribution in [3.8, 4) is 0 Å². The number of fused-ring (bicyclic) bond motifs is 2. The highest BCUT2D eigenvalue weighted by atomic mass is 16.2. The minimum Gasteiger partial charge on any atom is -0.350 e. The predicted molar refractivity (Wildman–Crippen MR) is 93.2 cm³/mol. The summed E-state index contributed by atoms with van der Waals surface area (Å²) in [5.41, 5.74) is 0.473. The van der Waals surface area contributed by atoms with E-state index >= 15 is 0 Å². The van der Waals surface area contributed by atoms with Crippen LogP contribution >= 0.6 is 0 Å². The van der Waals surface area contributed by atoms with Crippen molar-refractivity contribution in [2.45, 2.75) is 38.9 Å². The van der Waals surface area contributed by atoms with Crippen molar-refractivity contribution in [2.75, 3.05) is 0 Å². The molecule has 2 aromatic heterocycles. The van der Waals surface area contributed by atoms with Crippen molar-refractivity contribution in [3.63, 3.8) is 0 Å². The van der Waals surface area contributed by atoms with E-state index in [1.54, 1.807) is 31.3 Å². The van der Waals surface area contributed by atoms with E-state index in [2.05, 4.69) is 19.9 Å². The highest BCUT2D eigenvalue weighted by molar-refractivity contribution is 5.79. The van der Waals surface area contributed by atoms with Crippen LogP contribution < -0.4 is 10.9 Å². The molecular formula is C18H19N5O2. The first-order valence-electron chi connectivity index (χ1n) is 8.37. The van der Waals surface area contributed by atoms with Crippen molar-refractivity contribution < 1.29 is 4.79 Å². The number of hydrogen-bond donors (Lipinski definition) is 1. The van der Waals surface area contributed by atoms with Gasteiger partial charge in [-0.15, -0.1) is 0 Å². The number of aromatic nitrogens is 4. The lowest BCUT2D eigenvalue weighted by molar-refractivity contribution is -0.122. The van der Waals surface area contributed by atoms with Gasteiger partial charge in [-0.25, -0.2) is 9.97 Å². The molecule has 0 fully saturated rings. The first kappa shape index (κ1) is 15.6. The molecule has 0 aliphatic carbocycles. The van der Waals surface area contributed by atoms with E-state index in [4.69, 9.17) is 0 Å². The fourth-order valence-electron chi connectivity index (χ4n) is 3.37. The van der Waals surface area contributed by atoms with Crippen LogP contribution in [0.2, 0.25) is 0 Å². The lowest BCUT2D eigenvalue weighted by Gasteiger charge is -2.25. The topological polar surface area (TPSA) is 81.8 Å². The maximum atomic E-state index is 12.6. The van der Waals surface area contributed by atoms with Gasteiger partial charge in [0.2, 0.25) is 5.91 Å². The molecule has 1 unspecified atom stereocenters. The third kappa shape index (κ3) is 2.93. The number of hydrogen-bond acceptors (Lipinski definition) is 4. The van der Waals surface area contributed by atoms with Gasteiger partial charge in [0, 0.05) is 31.4 Å². The van der Waals surface area contributed by atoms with Crippen LogP contribution in [0.4, 0.5) is 0 Å². The molecule has 1 aliphatic heterocycles. The molecule has 3 heterocycles. The van der Waals surface area contributed by atoms with Crippen LogP contribution in [0.1, 0.15) is 18.1 Å². The van der Waals surface area contributed by atoms with Crippen LogP contribution in [0.15, 0.2) is 41.5 Å². The van der Waals surface area contributed by atoms with Gasteiger partial charge in [0.1, 0.15) is 18.2 Å². The zero-order chi connectivity index (χ0) is 17.4. The van der Waals surface area contributed by atoms with Gasteiger partial charge in [0.15, 0.2) is 0 Å². The molecule has 0 bridgehead atoms. The summed E-state index contributed by atoms with van der Waals surface area (Å²) in [5.74, 6) is 1.42. The molecule has 128 valence electrons.